The molecule has 0 aliphatic carbocycles. The number of benzene rings is 1. The Bertz CT molecular complexity index is 581. The van der Waals surface area contributed by atoms with Crippen molar-refractivity contribution in [2.75, 3.05) is 24.8 Å². The van der Waals surface area contributed by atoms with Crippen molar-refractivity contribution in [2.24, 2.45) is 0 Å². The number of nitrogens with zero attached hydrogens (tertiary/aromatic N) is 2. The fourth-order valence-electron chi connectivity index (χ4n) is 1.74. The Morgan fingerprint density at radius 2 is 1.95 bits per heavy atom. The molecule has 2 rings (SSSR count). The topological polar surface area (TPSA) is 59.1 Å². The quantitative estimate of drug-likeness (QED) is 0.883. The second-order valence-electron chi connectivity index (χ2n) is 4.13. The number of aryl methyl sites for hydroxylation is 1. The van der Waals surface area contributed by atoms with Crippen molar-refractivity contribution in [3.8, 4) is 5.75 Å². The largest absolute Gasteiger partial charge is 0.495 e. The number of hydrogen-bond acceptors (Lipinski definition) is 5. The maximum atomic E-state index is 6.10. The van der Waals surface area contributed by atoms with Gasteiger partial charge in [0.1, 0.15) is 23.2 Å². The van der Waals surface area contributed by atoms with Crippen LogP contribution in [-0.2, 0) is 6.42 Å². The molecular weight excluding hydrogens is 276 g/mol. The van der Waals surface area contributed by atoms with Crippen LogP contribution in [0, 0.1) is 0 Å². The zero-order valence-corrected chi connectivity index (χ0v) is 12.5. The molecule has 0 aliphatic heterocycles. The molecule has 5 nitrogen and oxygen atoms in total. The van der Waals surface area contributed by atoms with E-state index in [-0.39, 0.29) is 0 Å². The van der Waals surface area contributed by atoms with Crippen LogP contribution < -0.4 is 15.4 Å². The van der Waals surface area contributed by atoms with Crippen LogP contribution in [0.15, 0.2) is 24.3 Å². The smallest absolute Gasteiger partial charge is 0.137 e. The highest BCUT2D eigenvalue weighted by Crippen LogP contribution is 2.28. The Morgan fingerprint density at radius 1 is 1.20 bits per heavy atom. The Morgan fingerprint density at radius 3 is 2.55 bits per heavy atom. The summed E-state index contributed by atoms with van der Waals surface area (Å²) >= 11 is 6.10. The molecule has 0 fully saturated rings. The number of ether oxygens (including phenoxy) is 1. The SMILES string of the molecule is CCc1nc(NC)cc(Nc2ccc(OC)c(Cl)c2)n1. The molecular formula is C14H17ClN4O. The third-order valence-electron chi connectivity index (χ3n) is 2.77. The van der Waals surface area contributed by atoms with E-state index in [0.29, 0.717) is 10.8 Å². The summed E-state index contributed by atoms with van der Waals surface area (Å²) in [6.45, 7) is 2.02. The van der Waals surface area contributed by atoms with Gasteiger partial charge in [0.2, 0.25) is 0 Å². The van der Waals surface area contributed by atoms with E-state index in [0.717, 1.165) is 29.6 Å². The summed E-state index contributed by atoms with van der Waals surface area (Å²) in [5.74, 6) is 2.92. The highest BCUT2D eigenvalue weighted by Gasteiger charge is 2.05. The predicted octanol–water partition coefficient (Wildman–Crippen LogP) is 3.49. The maximum Gasteiger partial charge on any atom is 0.137 e. The molecule has 0 atom stereocenters. The van der Waals surface area contributed by atoms with Gasteiger partial charge in [0.15, 0.2) is 0 Å². The van der Waals surface area contributed by atoms with Gasteiger partial charge in [0.25, 0.3) is 0 Å². The van der Waals surface area contributed by atoms with E-state index in [1.165, 1.54) is 0 Å². The van der Waals surface area contributed by atoms with Gasteiger partial charge in [-0.2, -0.15) is 0 Å². The molecule has 0 spiro atoms. The van der Waals surface area contributed by atoms with Crippen LogP contribution in [0.4, 0.5) is 17.3 Å². The molecule has 20 heavy (non-hydrogen) atoms. The molecule has 0 radical (unpaired) electrons. The van der Waals surface area contributed by atoms with Crippen molar-refractivity contribution in [1.29, 1.82) is 0 Å². The highest BCUT2D eigenvalue weighted by molar-refractivity contribution is 6.32. The van der Waals surface area contributed by atoms with Crippen LogP contribution in [-0.4, -0.2) is 24.1 Å². The molecule has 0 unspecified atom stereocenters. The average molecular weight is 293 g/mol. The van der Waals surface area contributed by atoms with Crippen molar-refractivity contribution >= 4 is 28.9 Å². The molecule has 0 bridgehead atoms. The van der Waals surface area contributed by atoms with Gasteiger partial charge in [0, 0.05) is 25.2 Å². The lowest BCUT2D eigenvalue weighted by Crippen LogP contribution is -2.03. The van der Waals surface area contributed by atoms with E-state index < -0.39 is 0 Å². The summed E-state index contributed by atoms with van der Waals surface area (Å²) in [5.41, 5.74) is 0.846. The third-order valence-corrected chi connectivity index (χ3v) is 3.06. The molecule has 1 heterocycles. The molecule has 6 heteroatoms. The zero-order valence-electron chi connectivity index (χ0n) is 11.7. The van der Waals surface area contributed by atoms with Crippen LogP contribution >= 0.6 is 11.6 Å². The van der Waals surface area contributed by atoms with Gasteiger partial charge < -0.3 is 15.4 Å². The van der Waals surface area contributed by atoms with Crippen LogP contribution in [0.25, 0.3) is 0 Å². The standard InChI is InChI=1S/C14H17ClN4O/c1-4-12-18-13(16-2)8-14(19-12)17-9-5-6-11(20-3)10(15)7-9/h5-8H,4H2,1-3H3,(H2,16,17,18,19). The van der Waals surface area contributed by atoms with Crippen molar-refractivity contribution in [1.82, 2.24) is 9.97 Å². The van der Waals surface area contributed by atoms with E-state index in [1.54, 1.807) is 13.2 Å². The lowest BCUT2D eigenvalue weighted by molar-refractivity contribution is 0.415. The minimum atomic E-state index is 0.552. The minimum absolute atomic E-state index is 0.552. The number of methoxy groups -OCH3 is 1. The number of rotatable bonds is 5. The van der Waals surface area contributed by atoms with Crippen molar-refractivity contribution in [2.45, 2.75) is 13.3 Å². The number of aromatic nitrogens is 2. The molecule has 0 saturated carbocycles. The molecule has 106 valence electrons. The second kappa shape index (κ2) is 6.43. The van der Waals surface area contributed by atoms with Crippen molar-refractivity contribution < 1.29 is 4.74 Å². The van der Waals surface area contributed by atoms with Gasteiger partial charge in [-0.25, -0.2) is 9.97 Å². The first-order valence-corrected chi connectivity index (χ1v) is 6.70. The summed E-state index contributed by atoms with van der Waals surface area (Å²) in [4.78, 5) is 8.78. The van der Waals surface area contributed by atoms with Gasteiger partial charge in [-0.15, -0.1) is 0 Å². The zero-order chi connectivity index (χ0) is 14.5. The number of anilines is 3. The fraction of sp³-hybridized carbons (Fsp3) is 0.286. The molecule has 0 amide bonds. The van der Waals surface area contributed by atoms with Crippen LogP contribution in [0.2, 0.25) is 5.02 Å². The van der Waals surface area contributed by atoms with E-state index >= 15 is 0 Å². The van der Waals surface area contributed by atoms with Crippen LogP contribution in [0.3, 0.4) is 0 Å². The first kappa shape index (κ1) is 14.4. The van der Waals surface area contributed by atoms with E-state index in [9.17, 15) is 0 Å². The van der Waals surface area contributed by atoms with Crippen molar-refractivity contribution in [3.05, 3.63) is 35.1 Å². The predicted molar refractivity (Wildman–Crippen MR) is 82.2 cm³/mol. The maximum absolute atomic E-state index is 6.10. The number of halogens is 1. The van der Waals surface area contributed by atoms with Crippen LogP contribution in [0.1, 0.15) is 12.7 Å². The van der Waals surface area contributed by atoms with Gasteiger partial charge in [0.05, 0.1) is 12.1 Å². The van der Waals surface area contributed by atoms with Gasteiger partial charge in [-0.3, -0.25) is 0 Å². The average Bonchev–Trinajstić information content (AvgIpc) is 2.47. The minimum Gasteiger partial charge on any atom is -0.495 e. The van der Waals surface area contributed by atoms with Gasteiger partial charge in [-0.05, 0) is 18.2 Å². The summed E-state index contributed by atoms with van der Waals surface area (Å²) in [7, 11) is 3.42. The normalized spacial score (nSPS) is 10.2. The summed E-state index contributed by atoms with van der Waals surface area (Å²) in [6.07, 6.45) is 0.771. The Kier molecular flexibility index (Phi) is 4.63. The first-order valence-electron chi connectivity index (χ1n) is 6.32. The monoisotopic (exact) mass is 292 g/mol. The van der Waals surface area contributed by atoms with Crippen molar-refractivity contribution in [3.63, 3.8) is 0 Å². The molecule has 1 aromatic carbocycles. The van der Waals surface area contributed by atoms with E-state index in [1.807, 2.05) is 32.2 Å². The Balaban J connectivity index is 2.27. The molecule has 0 aliphatic rings. The second-order valence-corrected chi connectivity index (χ2v) is 4.54. The lowest BCUT2D eigenvalue weighted by atomic mass is 10.3. The van der Waals surface area contributed by atoms with E-state index in [2.05, 4.69) is 20.6 Å². The van der Waals surface area contributed by atoms with Gasteiger partial charge in [-0.1, -0.05) is 18.5 Å². The summed E-state index contributed by atoms with van der Waals surface area (Å²) in [5, 5.41) is 6.79. The van der Waals surface area contributed by atoms with Crippen LogP contribution in [0.5, 0.6) is 5.75 Å². The highest BCUT2D eigenvalue weighted by atomic mass is 35.5. The molecule has 1 aromatic heterocycles. The van der Waals surface area contributed by atoms with E-state index in [4.69, 9.17) is 16.3 Å². The number of hydrogen-bond donors (Lipinski definition) is 2. The summed E-state index contributed by atoms with van der Waals surface area (Å²) < 4.78 is 5.13. The first-order chi connectivity index (χ1) is 9.66. The lowest BCUT2D eigenvalue weighted by Gasteiger charge is -2.10. The van der Waals surface area contributed by atoms with Gasteiger partial charge >= 0.3 is 0 Å². The molecule has 2 N–H and O–H groups in total. The Labute approximate surface area is 123 Å². The molecule has 2 aromatic rings. The third kappa shape index (κ3) is 3.30. The fourth-order valence-corrected chi connectivity index (χ4v) is 2.00. The number of nitrogens with one attached hydrogen (secondary N) is 2. The summed E-state index contributed by atoms with van der Waals surface area (Å²) in [6, 6.07) is 7.34. The Hall–Kier alpha value is -2.01. The molecule has 0 saturated heterocycles.